The summed E-state index contributed by atoms with van der Waals surface area (Å²) in [5.74, 6) is 2.02. The molecule has 38 valence electrons. The molecular formula is C4H5NOS. The second-order valence-electron chi connectivity index (χ2n) is 1.41. The van der Waals surface area contributed by atoms with Crippen molar-refractivity contribution < 1.29 is 4.79 Å². The van der Waals surface area contributed by atoms with Gasteiger partial charge in [0, 0.05) is 11.5 Å². The Kier molecular flexibility index (Phi) is 1.50. The van der Waals surface area contributed by atoms with Crippen molar-refractivity contribution in [3.05, 3.63) is 0 Å². The number of nitrogens with zero attached hydrogens (tertiary/aromatic N) is 1. The lowest BCUT2D eigenvalue weighted by Crippen LogP contribution is -2.21. The molecule has 0 bridgehead atoms. The number of thioether (sulfide) groups is 1. The molecule has 1 fully saturated rings. The molecule has 3 heteroatoms. The molecule has 0 N–H and O–H groups in total. The monoisotopic (exact) mass is 115 g/mol. The van der Waals surface area contributed by atoms with Crippen molar-refractivity contribution in [1.29, 1.82) is 0 Å². The smallest absolute Gasteiger partial charge is 0.211 e. The van der Waals surface area contributed by atoms with Gasteiger partial charge in [-0.05, 0) is 0 Å². The fraction of sp³-hybridized carbons (Fsp3) is 0.750. The average Bonchev–Trinajstić information content (AvgIpc) is 1.55. The minimum atomic E-state index is 0.294. The van der Waals surface area contributed by atoms with Crippen LogP contribution in [0, 0.1) is 0 Å². The Morgan fingerprint density at radius 3 is 2.57 bits per heavy atom. The largest absolute Gasteiger partial charge is 0.235 e. The van der Waals surface area contributed by atoms with Crippen molar-refractivity contribution >= 4 is 17.8 Å². The van der Waals surface area contributed by atoms with Crippen LogP contribution in [0.2, 0.25) is 0 Å². The Morgan fingerprint density at radius 2 is 2.43 bits per heavy atom. The highest BCUT2D eigenvalue weighted by atomic mass is 32.2. The highest BCUT2D eigenvalue weighted by Gasteiger charge is 2.15. The Hall–Kier alpha value is -0.270. The number of aliphatic imine (C=N–C) groups is 1. The minimum absolute atomic E-state index is 0.294. The van der Waals surface area contributed by atoms with E-state index in [1.165, 1.54) is 6.08 Å². The van der Waals surface area contributed by atoms with Gasteiger partial charge in [-0.15, -0.1) is 0 Å². The van der Waals surface area contributed by atoms with Gasteiger partial charge in [-0.1, -0.05) is 0 Å². The van der Waals surface area contributed by atoms with E-state index in [1.54, 1.807) is 0 Å². The molecule has 0 aromatic heterocycles. The van der Waals surface area contributed by atoms with Crippen LogP contribution in [0.3, 0.4) is 0 Å². The summed E-state index contributed by atoms with van der Waals surface area (Å²) in [5.41, 5.74) is 0. The van der Waals surface area contributed by atoms with Gasteiger partial charge in [0.15, 0.2) is 0 Å². The molecule has 0 aromatic carbocycles. The summed E-state index contributed by atoms with van der Waals surface area (Å²) in [6.45, 7) is 0. The summed E-state index contributed by atoms with van der Waals surface area (Å²) in [7, 11) is 0. The van der Waals surface area contributed by atoms with Crippen LogP contribution in [-0.4, -0.2) is 23.6 Å². The molecule has 0 aliphatic carbocycles. The molecule has 0 saturated carbocycles. The summed E-state index contributed by atoms with van der Waals surface area (Å²) in [5, 5.41) is 0. The van der Waals surface area contributed by atoms with Crippen LogP contribution in [0.15, 0.2) is 4.99 Å². The summed E-state index contributed by atoms with van der Waals surface area (Å²) in [6, 6.07) is 0.294. The van der Waals surface area contributed by atoms with Crippen molar-refractivity contribution in [2.45, 2.75) is 6.04 Å². The molecule has 1 rings (SSSR count). The maximum atomic E-state index is 9.51. The first-order chi connectivity index (χ1) is 3.43. The molecule has 0 radical (unpaired) electrons. The number of hydrogen-bond acceptors (Lipinski definition) is 3. The SMILES string of the molecule is O=C=NC1CSC1. The first kappa shape index (κ1) is 4.88. The van der Waals surface area contributed by atoms with E-state index in [4.69, 9.17) is 0 Å². The first-order valence-corrected chi connectivity index (χ1v) is 3.23. The lowest BCUT2D eigenvalue weighted by atomic mass is 10.4. The molecule has 1 heterocycles. The highest BCUT2D eigenvalue weighted by molar-refractivity contribution is 8.00. The van der Waals surface area contributed by atoms with Crippen molar-refractivity contribution in [1.82, 2.24) is 0 Å². The van der Waals surface area contributed by atoms with Crippen LogP contribution in [0.1, 0.15) is 0 Å². The van der Waals surface area contributed by atoms with Crippen molar-refractivity contribution in [3.8, 4) is 0 Å². The predicted molar refractivity (Wildman–Crippen MR) is 29.2 cm³/mol. The molecule has 1 saturated heterocycles. The maximum absolute atomic E-state index is 9.51. The third-order valence-electron chi connectivity index (χ3n) is 0.856. The molecule has 1 aliphatic heterocycles. The van der Waals surface area contributed by atoms with E-state index in [0.29, 0.717) is 6.04 Å². The molecule has 0 unspecified atom stereocenters. The standard InChI is InChI=1S/C4H5NOS/c6-3-5-4-1-7-2-4/h4H,1-2H2. The zero-order chi connectivity index (χ0) is 5.11. The van der Waals surface area contributed by atoms with Crippen LogP contribution < -0.4 is 0 Å². The van der Waals surface area contributed by atoms with Gasteiger partial charge in [-0.2, -0.15) is 11.8 Å². The van der Waals surface area contributed by atoms with Gasteiger partial charge >= 0.3 is 0 Å². The topological polar surface area (TPSA) is 29.4 Å². The van der Waals surface area contributed by atoms with E-state index in [9.17, 15) is 4.79 Å². The Balaban J connectivity index is 2.27. The third kappa shape index (κ3) is 1.05. The number of isocyanates is 1. The molecule has 0 aromatic rings. The fourth-order valence-corrected chi connectivity index (χ4v) is 0.968. The second-order valence-corrected chi connectivity index (χ2v) is 2.49. The molecule has 1 aliphatic rings. The van der Waals surface area contributed by atoms with Gasteiger partial charge in [-0.25, -0.2) is 9.79 Å². The Morgan fingerprint density at radius 1 is 1.71 bits per heavy atom. The van der Waals surface area contributed by atoms with Gasteiger partial charge in [-0.3, -0.25) is 0 Å². The lowest BCUT2D eigenvalue weighted by molar-refractivity contribution is 0.560. The van der Waals surface area contributed by atoms with Crippen molar-refractivity contribution in [3.63, 3.8) is 0 Å². The van der Waals surface area contributed by atoms with Gasteiger partial charge in [0.2, 0.25) is 6.08 Å². The summed E-state index contributed by atoms with van der Waals surface area (Å²) in [6.07, 6.45) is 1.53. The lowest BCUT2D eigenvalue weighted by Gasteiger charge is -2.17. The van der Waals surface area contributed by atoms with Gasteiger partial charge in [0.1, 0.15) is 0 Å². The van der Waals surface area contributed by atoms with Crippen molar-refractivity contribution in [2.24, 2.45) is 4.99 Å². The second kappa shape index (κ2) is 2.15. The third-order valence-corrected chi connectivity index (χ3v) is 2.10. The number of rotatable bonds is 1. The Bertz CT molecular complexity index is 104. The van der Waals surface area contributed by atoms with Crippen LogP contribution in [0.5, 0.6) is 0 Å². The van der Waals surface area contributed by atoms with Crippen LogP contribution in [0.4, 0.5) is 0 Å². The summed E-state index contributed by atoms with van der Waals surface area (Å²) < 4.78 is 0. The quantitative estimate of drug-likeness (QED) is 0.366. The van der Waals surface area contributed by atoms with E-state index >= 15 is 0 Å². The van der Waals surface area contributed by atoms with Gasteiger partial charge in [0.25, 0.3) is 0 Å². The fourth-order valence-electron chi connectivity index (χ4n) is 0.372. The average molecular weight is 115 g/mol. The maximum Gasteiger partial charge on any atom is 0.235 e. The van der Waals surface area contributed by atoms with E-state index in [-0.39, 0.29) is 0 Å². The summed E-state index contributed by atoms with van der Waals surface area (Å²) in [4.78, 5) is 13.0. The molecule has 2 nitrogen and oxygen atoms in total. The molecular weight excluding hydrogens is 110 g/mol. The molecule has 0 atom stereocenters. The van der Waals surface area contributed by atoms with Crippen LogP contribution >= 0.6 is 11.8 Å². The van der Waals surface area contributed by atoms with Gasteiger partial charge in [0.05, 0.1) is 6.04 Å². The summed E-state index contributed by atoms with van der Waals surface area (Å²) >= 11 is 1.81. The van der Waals surface area contributed by atoms with Gasteiger partial charge < -0.3 is 0 Å². The van der Waals surface area contributed by atoms with Crippen LogP contribution in [-0.2, 0) is 4.79 Å². The molecule has 7 heavy (non-hydrogen) atoms. The number of carbonyl (C=O) groups excluding carboxylic acids is 1. The van der Waals surface area contributed by atoms with Crippen molar-refractivity contribution in [2.75, 3.05) is 11.5 Å². The normalized spacial score (nSPS) is 20.0. The first-order valence-electron chi connectivity index (χ1n) is 2.08. The minimum Gasteiger partial charge on any atom is -0.211 e. The van der Waals surface area contributed by atoms with E-state index < -0.39 is 0 Å². The molecule has 0 spiro atoms. The Labute approximate surface area is 46.0 Å². The zero-order valence-corrected chi connectivity index (χ0v) is 4.57. The zero-order valence-electron chi connectivity index (χ0n) is 3.76. The number of hydrogen-bond donors (Lipinski definition) is 0. The van der Waals surface area contributed by atoms with Crippen LogP contribution in [0.25, 0.3) is 0 Å². The van der Waals surface area contributed by atoms with E-state index in [2.05, 4.69) is 4.99 Å². The predicted octanol–water partition coefficient (Wildman–Crippen LogP) is 0.438. The van der Waals surface area contributed by atoms with E-state index in [1.807, 2.05) is 11.8 Å². The molecule has 0 amide bonds. The van der Waals surface area contributed by atoms with E-state index in [0.717, 1.165) is 11.5 Å². The highest BCUT2D eigenvalue weighted by Crippen LogP contribution is 2.19.